The smallest absolute Gasteiger partial charge is 0.213 e. The molecule has 0 fully saturated rings. The van der Waals surface area contributed by atoms with E-state index in [-0.39, 0.29) is 5.78 Å². The van der Waals surface area contributed by atoms with Gasteiger partial charge in [0.1, 0.15) is 12.0 Å². The maximum absolute atomic E-state index is 11.6. The van der Waals surface area contributed by atoms with Gasteiger partial charge in [-0.15, -0.1) is 0 Å². The molecule has 0 unspecified atom stereocenters. The average Bonchev–Trinajstić information content (AvgIpc) is 2.72. The van der Waals surface area contributed by atoms with E-state index in [4.69, 9.17) is 9.15 Å². The van der Waals surface area contributed by atoms with Crippen LogP contribution in [0.2, 0.25) is 0 Å². The van der Waals surface area contributed by atoms with Crippen LogP contribution in [0.1, 0.15) is 22.8 Å². The van der Waals surface area contributed by atoms with Gasteiger partial charge in [-0.3, -0.25) is 4.79 Å². The summed E-state index contributed by atoms with van der Waals surface area (Å²) < 4.78 is 9.91. The monoisotopic (exact) mass is 179 g/mol. The Kier molecular flexibility index (Phi) is 1.88. The van der Waals surface area contributed by atoms with E-state index in [2.05, 4.69) is 4.98 Å². The minimum atomic E-state index is -0.102. The zero-order valence-corrected chi connectivity index (χ0v) is 7.24. The van der Waals surface area contributed by atoms with E-state index in [0.29, 0.717) is 30.2 Å². The number of hydrogen-bond donors (Lipinski definition) is 0. The summed E-state index contributed by atoms with van der Waals surface area (Å²) in [6, 6.07) is 0. The number of ether oxygens (including phenoxy) is 1. The molecule has 0 aromatic carbocycles. The van der Waals surface area contributed by atoms with Crippen molar-refractivity contribution in [2.24, 2.45) is 0 Å². The molecule has 0 bridgehead atoms. The normalized spacial score (nSPS) is 15.3. The summed E-state index contributed by atoms with van der Waals surface area (Å²) in [7, 11) is 0. The van der Waals surface area contributed by atoms with Crippen molar-refractivity contribution in [3.63, 3.8) is 0 Å². The third-order valence-electron chi connectivity index (χ3n) is 1.86. The Morgan fingerprint density at radius 2 is 2.46 bits per heavy atom. The van der Waals surface area contributed by atoms with E-state index in [9.17, 15) is 4.79 Å². The predicted octanol–water partition coefficient (Wildman–Crippen LogP) is 1.47. The van der Waals surface area contributed by atoms with Gasteiger partial charge >= 0.3 is 0 Å². The van der Waals surface area contributed by atoms with Crippen LogP contribution in [0.25, 0.3) is 0 Å². The van der Waals surface area contributed by atoms with Gasteiger partial charge in [-0.25, -0.2) is 4.98 Å². The van der Waals surface area contributed by atoms with Crippen molar-refractivity contribution in [2.75, 3.05) is 6.61 Å². The molecule has 0 saturated carbocycles. The van der Waals surface area contributed by atoms with E-state index in [1.54, 1.807) is 6.92 Å². The second kappa shape index (κ2) is 3.05. The maximum Gasteiger partial charge on any atom is 0.213 e. The van der Waals surface area contributed by atoms with Gasteiger partial charge in [-0.1, -0.05) is 0 Å². The minimum absolute atomic E-state index is 0.102. The van der Waals surface area contributed by atoms with Gasteiger partial charge in [0.2, 0.25) is 5.78 Å². The van der Waals surface area contributed by atoms with Crippen LogP contribution < -0.4 is 0 Å². The second-order valence-corrected chi connectivity index (χ2v) is 2.84. The number of carbonyl (C=O) groups is 1. The number of oxazole rings is 1. The Bertz CT molecular complexity index is 365. The van der Waals surface area contributed by atoms with Gasteiger partial charge in [0.05, 0.1) is 12.9 Å². The number of hydrogen-bond acceptors (Lipinski definition) is 4. The quantitative estimate of drug-likeness (QED) is 0.645. The Morgan fingerprint density at radius 3 is 3.00 bits per heavy atom. The zero-order valence-electron chi connectivity index (χ0n) is 7.24. The first-order chi connectivity index (χ1) is 6.27. The molecule has 0 aliphatic carbocycles. The van der Waals surface area contributed by atoms with Gasteiger partial charge in [0.25, 0.3) is 0 Å². The highest BCUT2D eigenvalue weighted by Crippen LogP contribution is 2.16. The molecule has 1 aliphatic rings. The topological polar surface area (TPSA) is 52.3 Å². The van der Waals surface area contributed by atoms with Crippen molar-refractivity contribution < 1.29 is 13.9 Å². The molecule has 1 aromatic rings. The highest BCUT2D eigenvalue weighted by Gasteiger charge is 2.19. The lowest BCUT2D eigenvalue weighted by Gasteiger charge is -1.91. The molecule has 0 spiro atoms. The summed E-state index contributed by atoms with van der Waals surface area (Å²) in [4.78, 5) is 15.5. The Balaban J connectivity index is 2.22. The molecule has 4 heteroatoms. The highest BCUT2D eigenvalue weighted by molar-refractivity contribution is 6.07. The molecule has 2 rings (SSSR count). The standard InChI is InChI=1S/C9H9NO3/c1-6-10-8(5-13-6)9(11)7-2-3-12-4-7/h4-5H,2-3H2,1H3. The highest BCUT2D eigenvalue weighted by atomic mass is 16.5. The third-order valence-corrected chi connectivity index (χ3v) is 1.86. The van der Waals surface area contributed by atoms with E-state index in [1.807, 2.05) is 0 Å². The van der Waals surface area contributed by atoms with Crippen LogP contribution in [0.4, 0.5) is 0 Å². The Morgan fingerprint density at radius 1 is 1.62 bits per heavy atom. The molecule has 2 heterocycles. The summed E-state index contributed by atoms with van der Waals surface area (Å²) in [5, 5.41) is 0. The van der Waals surface area contributed by atoms with Gasteiger partial charge in [-0.2, -0.15) is 0 Å². The zero-order chi connectivity index (χ0) is 9.26. The van der Waals surface area contributed by atoms with E-state index >= 15 is 0 Å². The number of nitrogens with zero attached hydrogens (tertiary/aromatic N) is 1. The maximum atomic E-state index is 11.6. The Hall–Kier alpha value is -1.58. The van der Waals surface area contributed by atoms with Gasteiger partial charge in [0, 0.05) is 18.9 Å². The first kappa shape index (κ1) is 8.04. The molecule has 0 amide bonds. The molecule has 0 radical (unpaired) electrons. The number of ketones is 1. The predicted molar refractivity (Wildman–Crippen MR) is 44.2 cm³/mol. The number of aromatic nitrogens is 1. The third kappa shape index (κ3) is 1.47. The molecule has 13 heavy (non-hydrogen) atoms. The minimum Gasteiger partial charge on any atom is -0.500 e. The molecule has 1 aliphatic heterocycles. The first-order valence-electron chi connectivity index (χ1n) is 4.05. The van der Waals surface area contributed by atoms with Crippen molar-refractivity contribution in [3.8, 4) is 0 Å². The molecule has 1 aromatic heterocycles. The van der Waals surface area contributed by atoms with E-state index in [1.165, 1.54) is 12.5 Å². The van der Waals surface area contributed by atoms with Crippen molar-refractivity contribution in [1.82, 2.24) is 4.98 Å². The fraction of sp³-hybridized carbons (Fsp3) is 0.333. The fourth-order valence-corrected chi connectivity index (χ4v) is 1.19. The fourth-order valence-electron chi connectivity index (χ4n) is 1.19. The summed E-state index contributed by atoms with van der Waals surface area (Å²) in [6.45, 7) is 2.29. The number of Topliss-reactive ketones (excluding diaryl/α,β-unsaturated/α-hetero) is 1. The van der Waals surface area contributed by atoms with E-state index in [0.717, 1.165) is 0 Å². The summed E-state index contributed by atoms with van der Waals surface area (Å²) in [6.07, 6.45) is 3.52. The summed E-state index contributed by atoms with van der Waals surface area (Å²) >= 11 is 0. The van der Waals surface area contributed by atoms with Crippen LogP contribution in [0.5, 0.6) is 0 Å². The largest absolute Gasteiger partial charge is 0.500 e. The van der Waals surface area contributed by atoms with Crippen LogP contribution in [-0.4, -0.2) is 17.4 Å². The molecule has 4 nitrogen and oxygen atoms in total. The SMILES string of the molecule is Cc1nc(C(=O)C2=COCC2)co1. The molecule has 0 saturated heterocycles. The molecular weight excluding hydrogens is 170 g/mol. The van der Waals surface area contributed by atoms with Crippen LogP contribution in [0.15, 0.2) is 22.5 Å². The number of aryl methyl sites for hydroxylation is 1. The molecular formula is C9H9NO3. The molecule has 68 valence electrons. The lowest BCUT2D eigenvalue weighted by atomic mass is 10.1. The summed E-state index contributed by atoms with van der Waals surface area (Å²) in [5.41, 5.74) is 1.02. The van der Waals surface area contributed by atoms with Crippen LogP contribution >= 0.6 is 0 Å². The van der Waals surface area contributed by atoms with Crippen molar-refractivity contribution >= 4 is 5.78 Å². The number of rotatable bonds is 2. The average molecular weight is 179 g/mol. The molecule has 0 N–H and O–H groups in total. The van der Waals surface area contributed by atoms with Crippen molar-refractivity contribution in [3.05, 3.63) is 29.7 Å². The van der Waals surface area contributed by atoms with Gasteiger partial charge < -0.3 is 9.15 Å². The second-order valence-electron chi connectivity index (χ2n) is 2.84. The van der Waals surface area contributed by atoms with Gasteiger partial charge in [0.15, 0.2) is 5.89 Å². The van der Waals surface area contributed by atoms with E-state index < -0.39 is 0 Å². The first-order valence-corrected chi connectivity index (χ1v) is 4.05. The summed E-state index contributed by atoms with van der Waals surface area (Å²) in [5.74, 6) is 0.400. The number of carbonyl (C=O) groups excluding carboxylic acids is 1. The van der Waals surface area contributed by atoms with Gasteiger partial charge in [-0.05, 0) is 0 Å². The van der Waals surface area contributed by atoms with Crippen LogP contribution in [-0.2, 0) is 4.74 Å². The van der Waals surface area contributed by atoms with Crippen LogP contribution in [0, 0.1) is 6.92 Å². The van der Waals surface area contributed by atoms with Crippen molar-refractivity contribution in [2.45, 2.75) is 13.3 Å². The Labute approximate surface area is 75.2 Å². The lowest BCUT2D eigenvalue weighted by molar-refractivity contribution is 0.102. The van der Waals surface area contributed by atoms with Crippen molar-refractivity contribution in [1.29, 1.82) is 0 Å². The molecule has 0 atom stereocenters. The lowest BCUT2D eigenvalue weighted by Crippen LogP contribution is -2.02. The van der Waals surface area contributed by atoms with Crippen LogP contribution in [0.3, 0.4) is 0 Å².